The number of rotatable bonds is 3. The predicted molar refractivity (Wildman–Crippen MR) is 89.6 cm³/mol. The molecule has 0 radical (unpaired) electrons. The Labute approximate surface area is 147 Å². The van der Waals surface area contributed by atoms with Crippen LogP contribution in [0.2, 0.25) is 0 Å². The van der Waals surface area contributed by atoms with Gasteiger partial charge >= 0.3 is 5.97 Å². The second kappa shape index (κ2) is 5.66. The number of carbonyl (C=O) groups is 2. The van der Waals surface area contributed by atoms with Crippen LogP contribution >= 0.6 is 39.5 Å². The maximum Gasteiger partial charge on any atom is 0.326 e. The van der Waals surface area contributed by atoms with Crippen molar-refractivity contribution in [2.45, 2.75) is 13.0 Å². The topological polar surface area (TPSA) is 91.9 Å². The van der Waals surface area contributed by atoms with E-state index in [0.717, 1.165) is 20.4 Å². The zero-order chi connectivity index (χ0) is 16.9. The van der Waals surface area contributed by atoms with Gasteiger partial charge in [-0.1, -0.05) is 15.9 Å². The maximum absolute atomic E-state index is 12.2. The third-order valence-electron chi connectivity index (χ3n) is 3.45. The number of amides is 1. The number of carbonyl (C=O) groups excluding carboxylic acids is 1. The van der Waals surface area contributed by atoms with Gasteiger partial charge in [0.05, 0.1) is 10.9 Å². The number of carboxylic acid groups (broad SMARTS) is 1. The summed E-state index contributed by atoms with van der Waals surface area (Å²) in [6, 6.07) is 4.14. The number of carboxylic acids is 1. The molecule has 6 nitrogen and oxygen atoms in total. The van der Waals surface area contributed by atoms with Crippen molar-refractivity contribution in [2.24, 2.45) is 4.99 Å². The maximum atomic E-state index is 12.2. The summed E-state index contributed by atoms with van der Waals surface area (Å²) in [5.41, 5.74) is 0.228. The summed E-state index contributed by atoms with van der Waals surface area (Å²) in [6.45, 7) is 1.41. The highest BCUT2D eigenvalue weighted by Crippen LogP contribution is 2.34. The molecule has 1 atom stereocenters. The number of nitrogens with zero attached hydrogens (tertiary/aromatic N) is 2. The van der Waals surface area contributed by atoms with Gasteiger partial charge in [-0.3, -0.25) is 9.36 Å². The summed E-state index contributed by atoms with van der Waals surface area (Å²) < 4.78 is 2.06. The minimum Gasteiger partial charge on any atom is -0.493 e. The van der Waals surface area contributed by atoms with E-state index in [1.165, 1.54) is 6.92 Å². The zero-order valence-corrected chi connectivity index (χ0v) is 14.8. The minimum absolute atomic E-state index is 0.177. The van der Waals surface area contributed by atoms with E-state index in [4.69, 9.17) is 17.3 Å². The van der Waals surface area contributed by atoms with Crippen LogP contribution in [0, 0.1) is 3.95 Å². The second-order valence-corrected chi connectivity index (χ2v) is 7.42. The smallest absolute Gasteiger partial charge is 0.326 e. The van der Waals surface area contributed by atoms with Crippen molar-refractivity contribution in [3.63, 3.8) is 0 Å². The summed E-state index contributed by atoms with van der Waals surface area (Å²) in [5.74, 6) is -1.95. The van der Waals surface area contributed by atoms with Crippen LogP contribution in [0.5, 0.6) is 5.88 Å². The number of thiazole rings is 1. The molecule has 3 rings (SSSR count). The van der Waals surface area contributed by atoms with Crippen LogP contribution in [-0.2, 0) is 9.59 Å². The van der Waals surface area contributed by atoms with Crippen molar-refractivity contribution in [1.29, 1.82) is 0 Å². The second-order valence-electron chi connectivity index (χ2n) is 4.86. The summed E-state index contributed by atoms with van der Waals surface area (Å²) in [6.07, 6.45) is 0. The first-order valence-corrected chi connectivity index (χ1v) is 8.43. The molecule has 1 aromatic carbocycles. The first-order chi connectivity index (χ1) is 10.8. The third kappa shape index (κ3) is 2.54. The van der Waals surface area contributed by atoms with Gasteiger partial charge in [0.2, 0.25) is 5.88 Å². The highest BCUT2D eigenvalue weighted by molar-refractivity contribution is 9.10. The number of benzene rings is 1. The molecule has 2 N–H and O–H groups in total. The van der Waals surface area contributed by atoms with E-state index < -0.39 is 17.9 Å². The van der Waals surface area contributed by atoms with Crippen LogP contribution in [0.15, 0.2) is 27.7 Å². The molecule has 0 bridgehead atoms. The molecule has 2 heterocycles. The zero-order valence-electron chi connectivity index (χ0n) is 11.6. The van der Waals surface area contributed by atoms with E-state index in [0.29, 0.717) is 10.6 Å². The SMILES string of the molecule is CC(C(=O)O)n1c(O)c(C2=c3cc(Br)ccc3=NC2=O)sc1=S. The third-order valence-corrected chi connectivity index (χ3v) is 5.35. The summed E-state index contributed by atoms with van der Waals surface area (Å²) in [7, 11) is 0. The van der Waals surface area contributed by atoms with Crippen LogP contribution in [-0.4, -0.2) is 26.7 Å². The average Bonchev–Trinajstić information content (AvgIpc) is 2.94. The monoisotopic (exact) mass is 412 g/mol. The summed E-state index contributed by atoms with van der Waals surface area (Å²) >= 11 is 9.47. The van der Waals surface area contributed by atoms with Gasteiger partial charge < -0.3 is 10.2 Å². The molecule has 0 saturated carbocycles. The molecule has 23 heavy (non-hydrogen) atoms. The Hall–Kier alpha value is -1.84. The van der Waals surface area contributed by atoms with Gasteiger partial charge in [0.1, 0.15) is 10.9 Å². The lowest BCUT2D eigenvalue weighted by molar-refractivity contribution is -0.140. The van der Waals surface area contributed by atoms with Gasteiger partial charge in [-0.05, 0) is 37.3 Å². The fourth-order valence-corrected chi connectivity index (χ4v) is 4.16. The largest absolute Gasteiger partial charge is 0.493 e. The van der Waals surface area contributed by atoms with Gasteiger partial charge in [0, 0.05) is 9.69 Å². The van der Waals surface area contributed by atoms with E-state index >= 15 is 0 Å². The van der Waals surface area contributed by atoms with Crippen molar-refractivity contribution in [2.75, 3.05) is 0 Å². The Kier molecular flexibility index (Phi) is 3.95. The predicted octanol–water partition coefficient (Wildman–Crippen LogP) is 1.75. The molecule has 1 aliphatic heterocycles. The molecule has 0 aliphatic carbocycles. The van der Waals surface area contributed by atoms with Crippen molar-refractivity contribution in [3.05, 3.63) is 42.1 Å². The Balaban J connectivity index is 2.33. The van der Waals surface area contributed by atoms with Gasteiger partial charge in [0.25, 0.3) is 5.91 Å². The highest BCUT2D eigenvalue weighted by atomic mass is 79.9. The van der Waals surface area contributed by atoms with Gasteiger partial charge in [-0.2, -0.15) is 0 Å². The molecular weight excluding hydrogens is 404 g/mol. The van der Waals surface area contributed by atoms with Gasteiger partial charge in [-0.15, -0.1) is 11.3 Å². The fraction of sp³-hybridized carbons (Fsp3) is 0.143. The van der Waals surface area contributed by atoms with Crippen LogP contribution in [0.4, 0.5) is 0 Å². The van der Waals surface area contributed by atoms with Crippen molar-refractivity contribution in [1.82, 2.24) is 4.57 Å². The van der Waals surface area contributed by atoms with Crippen LogP contribution in [0.1, 0.15) is 17.8 Å². The number of aromatic nitrogens is 1. The van der Waals surface area contributed by atoms with Crippen molar-refractivity contribution < 1.29 is 19.8 Å². The molecule has 0 spiro atoms. The molecule has 0 fully saturated rings. The summed E-state index contributed by atoms with van der Waals surface area (Å²) in [5, 5.41) is 20.6. The Morgan fingerprint density at radius 2 is 2.17 bits per heavy atom. The number of hydrogen-bond acceptors (Lipinski definition) is 5. The Bertz CT molecular complexity index is 1040. The van der Waals surface area contributed by atoms with Crippen molar-refractivity contribution >= 4 is 56.9 Å². The number of hydrogen-bond donors (Lipinski definition) is 2. The number of halogens is 1. The van der Waals surface area contributed by atoms with Crippen LogP contribution in [0.25, 0.3) is 5.57 Å². The molecule has 1 aliphatic rings. The van der Waals surface area contributed by atoms with Gasteiger partial charge in [0.15, 0.2) is 3.95 Å². The standard InChI is InChI=1S/C14H9BrN2O4S2/c1-5(13(20)21)17-12(19)10(23-14(17)22)9-7-4-6(15)2-3-8(7)16-11(9)18/h2-5,19H,1H3,(H,20,21). The molecule has 2 aromatic rings. The molecule has 1 unspecified atom stereocenters. The van der Waals surface area contributed by atoms with E-state index in [9.17, 15) is 14.7 Å². The normalized spacial score (nSPS) is 14.5. The first kappa shape index (κ1) is 16.0. The lowest BCUT2D eigenvalue weighted by atomic mass is 10.1. The average molecular weight is 413 g/mol. The molecule has 1 amide bonds. The quantitative estimate of drug-likeness (QED) is 0.749. The molecule has 9 heteroatoms. The Morgan fingerprint density at radius 3 is 2.83 bits per heavy atom. The molecule has 0 saturated heterocycles. The minimum atomic E-state index is -1.13. The lowest BCUT2D eigenvalue weighted by Gasteiger charge is -2.09. The van der Waals surface area contributed by atoms with Crippen molar-refractivity contribution in [3.8, 4) is 5.88 Å². The number of aliphatic carboxylic acids is 1. The molecular formula is C14H9BrN2O4S2. The molecule has 1 aromatic heterocycles. The number of aromatic hydroxyl groups is 1. The number of fused-ring (bicyclic) bond motifs is 1. The highest BCUT2D eigenvalue weighted by Gasteiger charge is 2.28. The van der Waals surface area contributed by atoms with Crippen LogP contribution in [0.3, 0.4) is 0 Å². The summed E-state index contributed by atoms with van der Waals surface area (Å²) in [4.78, 5) is 27.6. The van der Waals surface area contributed by atoms with Crippen LogP contribution < -0.4 is 10.6 Å². The lowest BCUT2D eigenvalue weighted by Crippen LogP contribution is -2.22. The van der Waals surface area contributed by atoms with E-state index in [2.05, 4.69) is 20.9 Å². The first-order valence-electron chi connectivity index (χ1n) is 6.41. The van der Waals surface area contributed by atoms with Gasteiger partial charge in [-0.25, -0.2) is 9.79 Å². The fourth-order valence-electron chi connectivity index (χ4n) is 2.30. The Morgan fingerprint density at radius 1 is 1.48 bits per heavy atom. The molecule has 118 valence electrons. The van der Waals surface area contributed by atoms with E-state index in [-0.39, 0.29) is 20.3 Å². The van der Waals surface area contributed by atoms with E-state index in [1.54, 1.807) is 18.2 Å². The van der Waals surface area contributed by atoms with E-state index in [1.807, 2.05) is 0 Å².